The van der Waals surface area contributed by atoms with Crippen molar-refractivity contribution in [2.24, 2.45) is 0 Å². The third-order valence-electron chi connectivity index (χ3n) is 2.84. The first-order valence-corrected chi connectivity index (χ1v) is 5.73. The maximum absolute atomic E-state index is 9.81. The Kier molecular flexibility index (Phi) is 2.84. The first-order chi connectivity index (χ1) is 7.47. The number of aliphatic hydroxyl groups is 1. The van der Waals surface area contributed by atoms with E-state index in [1.54, 1.807) is 6.33 Å². The van der Waals surface area contributed by atoms with Crippen LogP contribution in [0, 0.1) is 0 Å². The molecule has 0 atom stereocenters. The topological polar surface area (TPSA) is 49.2 Å². The molecule has 0 spiro atoms. The SMILES string of the molecule is CN(CC(C)(C)O)c1ncnc2c1CCC2. The lowest BCUT2D eigenvalue weighted by atomic mass is 10.1. The molecule has 16 heavy (non-hydrogen) atoms. The van der Waals surface area contributed by atoms with E-state index < -0.39 is 5.60 Å². The quantitative estimate of drug-likeness (QED) is 0.832. The predicted molar refractivity (Wildman–Crippen MR) is 63.6 cm³/mol. The summed E-state index contributed by atoms with van der Waals surface area (Å²) in [6.07, 6.45) is 4.90. The van der Waals surface area contributed by atoms with Crippen LogP contribution in [-0.2, 0) is 12.8 Å². The van der Waals surface area contributed by atoms with Gasteiger partial charge in [-0.15, -0.1) is 0 Å². The summed E-state index contributed by atoms with van der Waals surface area (Å²) in [4.78, 5) is 10.7. The molecule has 0 fully saturated rings. The van der Waals surface area contributed by atoms with E-state index in [-0.39, 0.29) is 0 Å². The minimum Gasteiger partial charge on any atom is -0.389 e. The van der Waals surface area contributed by atoms with Gasteiger partial charge in [-0.05, 0) is 33.1 Å². The summed E-state index contributed by atoms with van der Waals surface area (Å²) in [7, 11) is 1.97. The molecular formula is C12H19N3O. The molecule has 2 rings (SSSR count). The van der Waals surface area contributed by atoms with Gasteiger partial charge in [0.15, 0.2) is 0 Å². The molecule has 0 radical (unpaired) electrons. The van der Waals surface area contributed by atoms with Crippen LogP contribution in [0.1, 0.15) is 31.5 Å². The van der Waals surface area contributed by atoms with Gasteiger partial charge in [-0.25, -0.2) is 9.97 Å². The van der Waals surface area contributed by atoms with E-state index in [0.717, 1.165) is 25.1 Å². The van der Waals surface area contributed by atoms with Crippen molar-refractivity contribution in [2.45, 2.75) is 38.7 Å². The highest BCUT2D eigenvalue weighted by Gasteiger charge is 2.22. The molecule has 0 saturated heterocycles. The maximum Gasteiger partial charge on any atom is 0.135 e. The number of fused-ring (bicyclic) bond motifs is 1. The molecule has 0 bridgehead atoms. The van der Waals surface area contributed by atoms with Gasteiger partial charge in [-0.1, -0.05) is 0 Å². The fraction of sp³-hybridized carbons (Fsp3) is 0.667. The van der Waals surface area contributed by atoms with Crippen molar-refractivity contribution in [2.75, 3.05) is 18.5 Å². The second-order valence-corrected chi connectivity index (χ2v) is 5.14. The van der Waals surface area contributed by atoms with Crippen molar-refractivity contribution in [3.05, 3.63) is 17.6 Å². The molecular weight excluding hydrogens is 202 g/mol. The Morgan fingerprint density at radius 2 is 2.12 bits per heavy atom. The molecule has 4 nitrogen and oxygen atoms in total. The molecule has 0 saturated carbocycles. The lowest BCUT2D eigenvalue weighted by Gasteiger charge is -2.27. The Balaban J connectivity index is 2.24. The second-order valence-electron chi connectivity index (χ2n) is 5.14. The molecule has 1 aromatic rings. The van der Waals surface area contributed by atoms with Gasteiger partial charge in [0, 0.05) is 24.8 Å². The molecule has 1 aromatic heterocycles. The van der Waals surface area contributed by atoms with Crippen molar-refractivity contribution < 1.29 is 5.11 Å². The number of aryl methyl sites for hydroxylation is 1. The van der Waals surface area contributed by atoms with Gasteiger partial charge in [0.05, 0.1) is 5.60 Å². The van der Waals surface area contributed by atoms with Crippen LogP contribution < -0.4 is 4.90 Å². The van der Waals surface area contributed by atoms with Crippen LogP contribution >= 0.6 is 0 Å². The summed E-state index contributed by atoms with van der Waals surface area (Å²) >= 11 is 0. The second kappa shape index (κ2) is 4.01. The van der Waals surface area contributed by atoms with E-state index in [1.807, 2.05) is 25.8 Å². The average Bonchev–Trinajstić information content (AvgIpc) is 2.61. The highest BCUT2D eigenvalue weighted by Crippen LogP contribution is 2.27. The Hall–Kier alpha value is -1.16. The predicted octanol–water partition coefficient (Wildman–Crippen LogP) is 1.17. The summed E-state index contributed by atoms with van der Waals surface area (Å²) in [5, 5.41) is 9.81. The molecule has 4 heteroatoms. The molecule has 1 aliphatic carbocycles. The Labute approximate surface area is 96.3 Å². The van der Waals surface area contributed by atoms with Gasteiger partial charge < -0.3 is 10.0 Å². The van der Waals surface area contributed by atoms with Crippen LogP contribution in [0.4, 0.5) is 5.82 Å². The number of hydrogen-bond donors (Lipinski definition) is 1. The maximum atomic E-state index is 9.81. The Bertz CT molecular complexity index is 384. The smallest absolute Gasteiger partial charge is 0.135 e. The van der Waals surface area contributed by atoms with E-state index >= 15 is 0 Å². The minimum absolute atomic E-state index is 0.580. The van der Waals surface area contributed by atoms with Gasteiger partial charge in [-0.3, -0.25) is 0 Å². The first kappa shape index (κ1) is 11.3. The van der Waals surface area contributed by atoms with Crippen molar-refractivity contribution in [3.8, 4) is 0 Å². The number of likely N-dealkylation sites (N-methyl/N-ethyl adjacent to an activating group) is 1. The van der Waals surface area contributed by atoms with E-state index in [1.165, 1.54) is 11.3 Å². The van der Waals surface area contributed by atoms with Crippen molar-refractivity contribution >= 4 is 5.82 Å². The van der Waals surface area contributed by atoms with Crippen molar-refractivity contribution in [3.63, 3.8) is 0 Å². The molecule has 1 aliphatic rings. The minimum atomic E-state index is -0.703. The number of anilines is 1. The van der Waals surface area contributed by atoms with Gasteiger partial charge in [0.25, 0.3) is 0 Å². The average molecular weight is 221 g/mol. The van der Waals surface area contributed by atoms with Crippen LogP contribution in [0.3, 0.4) is 0 Å². The van der Waals surface area contributed by atoms with Gasteiger partial charge in [-0.2, -0.15) is 0 Å². The van der Waals surface area contributed by atoms with Gasteiger partial charge in [0.1, 0.15) is 12.1 Å². The Morgan fingerprint density at radius 1 is 1.38 bits per heavy atom. The molecule has 1 N–H and O–H groups in total. The third-order valence-corrected chi connectivity index (χ3v) is 2.84. The lowest BCUT2D eigenvalue weighted by molar-refractivity contribution is 0.0884. The third kappa shape index (κ3) is 2.32. The first-order valence-electron chi connectivity index (χ1n) is 5.73. The zero-order valence-corrected chi connectivity index (χ0v) is 10.2. The molecule has 0 amide bonds. The van der Waals surface area contributed by atoms with E-state index in [0.29, 0.717) is 6.54 Å². The van der Waals surface area contributed by atoms with E-state index in [2.05, 4.69) is 9.97 Å². The summed E-state index contributed by atoms with van der Waals surface area (Å²) in [6.45, 7) is 4.20. The summed E-state index contributed by atoms with van der Waals surface area (Å²) < 4.78 is 0. The number of rotatable bonds is 3. The van der Waals surface area contributed by atoms with Gasteiger partial charge >= 0.3 is 0 Å². The summed E-state index contributed by atoms with van der Waals surface area (Å²) in [6, 6.07) is 0. The van der Waals surface area contributed by atoms with Crippen molar-refractivity contribution in [1.82, 2.24) is 9.97 Å². The van der Waals surface area contributed by atoms with Crippen LogP contribution in [-0.4, -0.2) is 34.3 Å². The number of aromatic nitrogens is 2. The summed E-state index contributed by atoms with van der Waals surface area (Å²) in [5.41, 5.74) is 1.73. The monoisotopic (exact) mass is 221 g/mol. The fourth-order valence-electron chi connectivity index (χ4n) is 2.33. The highest BCUT2D eigenvalue weighted by atomic mass is 16.3. The molecule has 88 valence electrons. The standard InChI is InChI=1S/C12H19N3O/c1-12(2,16)7-15(3)11-9-5-4-6-10(9)13-8-14-11/h8,16H,4-7H2,1-3H3. The highest BCUT2D eigenvalue weighted by molar-refractivity contribution is 5.50. The zero-order valence-electron chi connectivity index (χ0n) is 10.2. The largest absolute Gasteiger partial charge is 0.389 e. The van der Waals surface area contributed by atoms with Crippen LogP contribution in [0.25, 0.3) is 0 Å². The molecule has 1 heterocycles. The summed E-state index contributed by atoms with van der Waals surface area (Å²) in [5.74, 6) is 0.977. The van der Waals surface area contributed by atoms with Crippen LogP contribution in [0.15, 0.2) is 6.33 Å². The zero-order chi connectivity index (χ0) is 11.8. The molecule has 0 aromatic carbocycles. The van der Waals surface area contributed by atoms with Crippen molar-refractivity contribution in [1.29, 1.82) is 0 Å². The van der Waals surface area contributed by atoms with Gasteiger partial charge in [0.2, 0.25) is 0 Å². The van der Waals surface area contributed by atoms with Crippen LogP contribution in [0.2, 0.25) is 0 Å². The molecule has 0 aliphatic heterocycles. The fourth-order valence-corrected chi connectivity index (χ4v) is 2.33. The van der Waals surface area contributed by atoms with E-state index in [4.69, 9.17) is 0 Å². The van der Waals surface area contributed by atoms with E-state index in [9.17, 15) is 5.11 Å². The lowest BCUT2D eigenvalue weighted by Crippen LogP contribution is -2.37. The number of nitrogens with zero attached hydrogens (tertiary/aromatic N) is 3. The molecule has 0 unspecified atom stereocenters. The number of hydrogen-bond acceptors (Lipinski definition) is 4. The van der Waals surface area contributed by atoms with Crippen LogP contribution in [0.5, 0.6) is 0 Å². The Morgan fingerprint density at radius 3 is 2.81 bits per heavy atom. The normalized spacial score (nSPS) is 15.0.